The van der Waals surface area contributed by atoms with Crippen molar-refractivity contribution in [3.8, 4) is 0 Å². The Morgan fingerprint density at radius 2 is 1.54 bits per heavy atom. The monoisotopic (exact) mass is 834 g/mol. The van der Waals surface area contributed by atoms with Gasteiger partial charge in [0.1, 0.15) is 6.10 Å². The number of aliphatic hydroxyl groups excluding tert-OH is 1. The molecule has 0 aromatic heterocycles. The molecule has 17 atom stereocenters. The van der Waals surface area contributed by atoms with E-state index in [0.717, 1.165) is 24.8 Å². The average molecular weight is 834 g/mol. The molecule has 2 saturated heterocycles. The summed E-state index contributed by atoms with van der Waals surface area (Å²) in [6.45, 7) is 25.6. The van der Waals surface area contributed by atoms with Crippen LogP contribution < -0.4 is 0 Å². The lowest BCUT2D eigenvalue weighted by Crippen LogP contribution is -2.60. The first-order valence-electron chi connectivity index (χ1n) is 22.9. The van der Waals surface area contributed by atoms with E-state index in [2.05, 4.69) is 53.6 Å². The normalized spacial score (nSPS) is 40.3. The van der Waals surface area contributed by atoms with Crippen molar-refractivity contribution >= 4 is 11.8 Å². The van der Waals surface area contributed by atoms with Gasteiger partial charge in [0, 0.05) is 42.2 Å². The lowest BCUT2D eigenvalue weighted by atomic mass is 9.79. The molecule has 1 N–H and O–H groups in total. The molecule has 0 bridgehead atoms. The number of esters is 1. The summed E-state index contributed by atoms with van der Waals surface area (Å²) in [7, 11) is 4.17. The van der Waals surface area contributed by atoms with Gasteiger partial charge < -0.3 is 43.2 Å². The summed E-state index contributed by atoms with van der Waals surface area (Å²) in [5, 5.41) is 10.6. The van der Waals surface area contributed by atoms with Crippen LogP contribution in [0.1, 0.15) is 122 Å². The van der Waals surface area contributed by atoms with Crippen LogP contribution in [0.4, 0.5) is 0 Å². The number of carbonyl (C=O) groups is 2. The van der Waals surface area contributed by atoms with Crippen molar-refractivity contribution in [2.45, 2.75) is 183 Å². The number of rotatable bonds is 15. The molecule has 3 heterocycles. The minimum atomic E-state index is -0.577. The van der Waals surface area contributed by atoms with Crippen LogP contribution in [0.25, 0.3) is 0 Å². The van der Waals surface area contributed by atoms with E-state index in [4.69, 9.17) is 33.2 Å². The summed E-state index contributed by atoms with van der Waals surface area (Å²) >= 11 is 0. The van der Waals surface area contributed by atoms with E-state index in [1.54, 1.807) is 6.08 Å². The van der Waals surface area contributed by atoms with E-state index in [9.17, 15) is 14.7 Å². The molecular weight excluding hydrogens is 751 g/mol. The van der Waals surface area contributed by atoms with Crippen LogP contribution in [0.5, 0.6) is 0 Å². The van der Waals surface area contributed by atoms with Crippen LogP contribution in [-0.2, 0) is 42.7 Å². The van der Waals surface area contributed by atoms with Crippen molar-refractivity contribution < 1.29 is 47.9 Å². The summed E-state index contributed by atoms with van der Waals surface area (Å²) < 4.78 is 45.8. The van der Waals surface area contributed by atoms with Crippen molar-refractivity contribution in [1.82, 2.24) is 4.90 Å². The van der Waals surface area contributed by atoms with E-state index in [-0.39, 0.29) is 90.6 Å². The maximum Gasteiger partial charge on any atom is 0.308 e. The highest BCUT2D eigenvalue weighted by Crippen LogP contribution is 2.38. The largest absolute Gasteiger partial charge is 0.462 e. The fraction of sp³-hybridized carbons (Fsp3) is 0.833. The topological polar surface area (TPSA) is 122 Å². The first kappa shape index (κ1) is 51.4. The zero-order valence-corrected chi connectivity index (χ0v) is 39.1. The Kier molecular flexibility index (Phi) is 22.0. The fourth-order valence-corrected chi connectivity index (χ4v) is 9.16. The van der Waals surface area contributed by atoms with Crippen molar-refractivity contribution in [3.63, 3.8) is 0 Å². The van der Waals surface area contributed by atoms with Crippen molar-refractivity contribution in [2.75, 3.05) is 33.9 Å². The van der Waals surface area contributed by atoms with Gasteiger partial charge in [-0.3, -0.25) is 9.59 Å². The second kappa shape index (κ2) is 25.2. The SMILES string of the molecule is CC=CCO[C@@H]1CC(=O)O[C@H](CC)[C@@H](CO[C@@H]2O[C@H](C)[C@@H](O)[C@@H](C)[C@H]2C)C=C(C)/C=C/C(=O)[C@H](C)C[C@H](CC)[C@H](O[C@@H]2O[C@H](C)[C@@H](OCCCC)[C@H](N(C)C)[C@H]2C)[C@H]1C. The number of ketones is 1. The number of hydrogen-bond donors (Lipinski definition) is 1. The van der Waals surface area contributed by atoms with Crippen LogP contribution in [0.15, 0.2) is 36.0 Å². The molecule has 0 aromatic rings. The average Bonchev–Trinajstić information content (AvgIpc) is 3.20. The third-order valence-electron chi connectivity index (χ3n) is 13.3. The zero-order chi connectivity index (χ0) is 44.0. The third-order valence-corrected chi connectivity index (χ3v) is 13.3. The van der Waals surface area contributed by atoms with E-state index in [0.29, 0.717) is 26.1 Å². The molecule has 0 saturated carbocycles. The number of likely N-dealkylation sites (N-methyl/N-ethyl adjacent to an activating group) is 1. The summed E-state index contributed by atoms with van der Waals surface area (Å²) in [5.74, 6) is -1.30. The number of allylic oxidation sites excluding steroid dienone is 4. The van der Waals surface area contributed by atoms with Crippen LogP contribution in [-0.4, -0.2) is 117 Å². The molecular formula is C48H83NO10. The summed E-state index contributed by atoms with van der Waals surface area (Å²) in [5.41, 5.74) is 0.870. The molecule has 0 aromatic carbocycles. The first-order chi connectivity index (χ1) is 28.0. The molecule has 0 radical (unpaired) electrons. The van der Waals surface area contributed by atoms with Crippen LogP contribution in [0.2, 0.25) is 0 Å². The van der Waals surface area contributed by atoms with Crippen molar-refractivity contribution in [3.05, 3.63) is 36.0 Å². The predicted molar refractivity (Wildman–Crippen MR) is 233 cm³/mol. The number of aliphatic hydroxyl groups is 1. The molecule has 3 aliphatic heterocycles. The fourth-order valence-electron chi connectivity index (χ4n) is 9.16. The van der Waals surface area contributed by atoms with Gasteiger partial charge in [0.05, 0.1) is 56.3 Å². The molecule has 59 heavy (non-hydrogen) atoms. The Balaban J connectivity index is 2.02. The molecule has 2 fully saturated rings. The number of nitrogens with zero attached hydrogens (tertiary/aromatic N) is 1. The Morgan fingerprint density at radius 1 is 0.847 bits per heavy atom. The number of ether oxygens (including phenoxy) is 7. The minimum Gasteiger partial charge on any atom is -0.462 e. The second-order valence-electron chi connectivity index (χ2n) is 18.1. The minimum absolute atomic E-state index is 0.0115. The highest BCUT2D eigenvalue weighted by Gasteiger charge is 2.47. The van der Waals surface area contributed by atoms with Gasteiger partial charge in [0.2, 0.25) is 0 Å². The molecule has 0 spiro atoms. The Morgan fingerprint density at radius 3 is 2.17 bits per heavy atom. The lowest BCUT2D eigenvalue weighted by molar-refractivity contribution is -0.293. The molecule has 3 aliphatic rings. The predicted octanol–water partition coefficient (Wildman–Crippen LogP) is 8.33. The zero-order valence-electron chi connectivity index (χ0n) is 39.1. The van der Waals surface area contributed by atoms with Gasteiger partial charge in [-0.25, -0.2) is 0 Å². The van der Waals surface area contributed by atoms with Crippen LogP contribution >= 0.6 is 0 Å². The number of carbonyl (C=O) groups excluding carboxylic acids is 2. The third kappa shape index (κ3) is 14.6. The maximum atomic E-state index is 14.2. The van der Waals surface area contributed by atoms with Crippen molar-refractivity contribution in [1.29, 1.82) is 0 Å². The van der Waals surface area contributed by atoms with Gasteiger partial charge in [0.15, 0.2) is 18.4 Å². The van der Waals surface area contributed by atoms with E-state index >= 15 is 0 Å². The van der Waals surface area contributed by atoms with Gasteiger partial charge in [-0.1, -0.05) is 98.1 Å². The molecule has 3 rings (SSSR count). The Hall–Kier alpha value is -1.96. The van der Waals surface area contributed by atoms with Gasteiger partial charge in [-0.2, -0.15) is 0 Å². The Labute approximate surface area is 357 Å². The lowest BCUT2D eigenvalue weighted by Gasteiger charge is -2.49. The molecule has 0 unspecified atom stereocenters. The van der Waals surface area contributed by atoms with Gasteiger partial charge in [-0.15, -0.1) is 0 Å². The standard InChI is InChI=1S/C48H83NO10/c1-15-19-23-53-41-27-42(51)58-40(18-4)38(28-55-47-32(8)31(7)44(52)35(11)56-47)25-29(5)21-22-39(50)30(6)26-37(17-3)45(33(41)9)59-48-34(10)43(49(13)14)46(36(12)57-48)54-24-20-16-2/h15,19,21-22,25,30-38,40-41,43-48,52H,16-18,20,23-24,26-28H2,1-14H3/b19-15?,22-21+,29-25?/t30-,31+,32-,33+,34-,35-,36-,37+,38-,40-,41-,43-,44+,45-,46-,47-,48+/m1/s1. The van der Waals surface area contributed by atoms with Gasteiger partial charge in [0.25, 0.3) is 0 Å². The van der Waals surface area contributed by atoms with Crippen LogP contribution in [0.3, 0.4) is 0 Å². The first-order valence-corrected chi connectivity index (χ1v) is 22.9. The number of cyclic esters (lactones) is 1. The summed E-state index contributed by atoms with van der Waals surface area (Å²) in [6.07, 6.45) is 9.61. The van der Waals surface area contributed by atoms with Crippen molar-refractivity contribution in [2.24, 2.45) is 41.4 Å². The smallest absolute Gasteiger partial charge is 0.308 e. The molecule has 0 aliphatic carbocycles. The molecule has 11 nitrogen and oxygen atoms in total. The van der Waals surface area contributed by atoms with Gasteiger partial charge >= 0.3 is 5.97 Å². The molecule has 0 amide bonds. The number of hydrogen-bond acceptors (Lipinski definition) is 11. The highest BCUT2D eigenvalue weighted by molar-refractivity contribution is 5.91. The van der Waals surface area contributed by atoms with Crippen LogP contribution in [0, 0.1) is 41.4 Å². The summed E-state index contributed by atoms with van der Waals surface area (Å²) in [6, 6.07) is 0.0509. The highest BCUT2D eigenvalue weighted by atomic mass is 16.7. The summed E-state index contributed by atoms with van der Waals surface area (Å²) in [4.78, 5) is 30.2. The van der Waals surface area contributed by atoms with E-state index < -0.39 is 37.0 Å². The maximum absolute atomic E-state index is 14.2. The van der Waals surface area contributed by atoms with Gasteiger partial charge in [-0.05, 0) is 79.0 Å². The van der Waals surface area contributed by atoms with E-state index in [1.165, 1.54) is 0 Å². The second-order valence-corrected chi connectivity index (χ2v) is 18.1. The quantitative estimate of drug-likeness (QED) is 0.0974. The van der Waals surface area contributed by atoms with E-state index in [1.807, 2.05) is 72.8 Å². The molecule has 340 valence electrons. The molecule has 11 heteroatoms. The Bertz CT molecular complexity index is 1350. The number of unbranched alkanes of at least 4 members (excludes halogenated alkanes) is 1.